The molecule has 1 rings (SSSR count). The highest BCUT2D eigenvalue weighted by atomic mass is 79.9. The number of carbonyl (C=O) groups excluding carboxylic acids is 1. The van der Waals surface area contributed by atoms with Crippen molar-refractivity contribution in [2.75, 3.05) is 25.5 Å². The quantitative estimate of drug-likeness (QED) is 0.915. The zero-order valence-electron chi connectivity index (χ0n) is 9.70. The van der Waals surface area contributed by atoms with Gasteiger partial charge < -0.3 is 10.2 Å². The molecule has 0 aromatic carbocycles. The average Bonchev–Trinajstić information content (AvgIpc) is 2.27. The summed E-state index contributed by atoms with van der Waals surface area (Å²) in [7, 11) is 3.60. The molecule has 0 spiro atoms. The molecular weight excluding hydrogens is 270 g/mol. The molecule has 0 bridgehead atoms. The number of rotatable bonds is 4. The van der Waals surface area contributed by atoms with Crippen molar-refractivity contribution in [2.45, 2.75) is 6.92 Å². The SMILES string of the molecule is CNC(=O)C(C)CN(C)c1cncc(Br)c1. The van der Waals surface area contributed by atoms with E-state index in [0.717, 1.165) is 10.2 Å². The third-order valence-corrected chi connectivity index (χ3v) is 2.81. The Morgan fingerprint density at radius 1 is 1.62 bits per heavy atom. The van der Waals surface area contributed by atoms with Crippen LogP contribution >= 0.6 is 15.9 Å². The number of carbonyl (C=O) groups is 1. The van der Waals surface area contributed by atoms with Crippen LogP contribution in [0, 0.1) is 5.92 Å². The van der Waals surface area contributed by atoms with E-state index in [1.807, 2.05) is 24.9 Å². The van der Waals surface area contributed by atoms with E-state index in [4.69, 9.17) is 0 Å². The third-order valence-electron chi connectivity index (χ3n) is 2.37. The van der Waals surface area contributed by atoms with Gasteiger partial charge in [0.2, 0.25) is 5.91 Å². The van der Waals surface area contributed by atoms with Gasteiger partial charge in [-0.25, -0.2) is 0 Å². The fourth-order valence-corrected chi connectivity index (χ4v) is 1.81. The Balaban J connectivity index is 2.65. The Morgan fingerprint density at radius 3 is 2.88 bits per heavy atom. The topological polar surface area (TPSA) is 45.2 Å². The van der Waals surface area contributed by atoms with Crippen LogP contribution in [0.4, 0.5) is 5.69 Å². The largest absolute Gasteiger partial charge is 0.373 e. The summed E-state index contributed by atoms with van der Waals surface area (Å²) in [6, 6.07) is 1.98. The van der Waals surface area contributed by atoms with Gasteiger partial charge in [-0.3, -0.25) is 9.78 Å². The number of hydrogen-bond acceptors (Lipinski definition) is 3. The molecule has 5 heteroatoms. The maximum absolute atomic E-state index is 11.4. The molecular formula is C11H16BrN3O. The molecule has 16 heavy (non-hydrogen) atoms. The van der Waals surface area contributed by atoms with Gasteiger partial charge in [0.25, 0.3) is 0 Å². The van der Waals surface area contributed by atoms with Crippen LogP contribution in [0.5, 0.6) is 0 Å². The molecule has 0 saturated carbocycles. The van der Waals surface area contributed by atoms with Crippen LogP contribution in [0.25, 0.3) is 0 Å². The van der Waals surface area contributed by atoms with Crippen molar-refractivity contribution in [3.63, 3.8) is 0 Å². The van der Waals surface area contributed by atoms with E-state index in [1.165, 1.54) is 0 Å². The molecule has 1 unspecified atom stereocenters. The molecule has 1 atom stereocenters. The van der Waals surface area contributed by atoms with Crippen molar-refractivity contribution >= 4 is 27.5 Å². The van der Waals surface area contributed by atoms with Crippen molar-refractivity contribution < 1.29 is 4.79 Å². The minimum Gasteiger partial charge on any atom is -0.373 e. The summed E-state index contributed by atoms with van der Waals surface area (Å²) < 4.78 is 0.935. The van der Waals surface area contributed by atoms with E-state index in [0.29, 0.717) is 6.54 Å². The van der Waals surface area contributed by atoms with Crippen LogP contribution < -0.4 is 10.2 Å². The van der Waals surface area contributed by atoms with E-state index in [9.17, 15) is 4.79 Å². The van der Waals surface area contributed by atoms with Gasteiger partial charge in [-0.2, -0.15) is 0 Å². The lowest BCUT2D eigenvalue weighted by atomic mass is 10.1. The molecule has 1 aromatic heterocycles. The molecule has 1 amide bonds. The summed E-state index contributed by atoms with van der Waals surface area (Å²) in [5, 5.41) is 2.64. The summed E-state index contributed by atoms with van der Waals surface area (Å²) in [6.07, 6.45) is 3.51. The monoisotopic (exact) mass is 285 g/mol. The number of anilines is 1. The summed E-state index contributed by atoms with van der Waals surface area (Å²) in [4.78, 5) is 17.5. The molecule has 0 aliphatic carbocycles. The van der Waals surface area contributed by atoms with Crippen LogP contribution in [0.2, 0.25) is 0 Å². The number of nitrogens with zero attached hydrogens (tertiary/aromatic N) is 2. The van der Waals surface area contributed by atoms with Crippen molar-refractivity contribution in [1.82, 2.24) is 10.3 Å². The standard InChI is InChI=1S/C11H16BrN3O/c1-8(11(16)13-2)7-15(3)10-4-9(12)5-14-6-10/h4-6,8H,7H2,1-3H3,(H,13,16). The number of hydrogen-bond donors (Lipinski definition) is 1. The van der Waals surface area contributed by atoms with Crippen LogP contribution in [0.3, 0.4) is 0 Å². The summed E-state index contributed by atoms with van der Waals surface area (Å²) >= 11 is 3.37. The molecule has 0 saturated heterocycles. The van der Waals surface area contributed by atoms with Crippen molar-refractivity contribution in [3.05, 3.63) is 22.9 Å². The second-order valence-electron chi connectivity index (χ2n) is 3.76. The normalized spacial score (nSPS) is 12.0. The van der Waals surface area contributed by atoms with Gasteiger partial charge in [0.1, 0.15) is 0 Å². The van der Waals surface area contributed by atoms with Crippen molar-refractivity contribution in [2.24, 2.45) is 5.92 Å². The maximum Gasteiger partial charge on any atom is 0.224 e. The average molecular weight is 286 g/mol. The van der Waals surface area contributed by atoms with Crippen LogP contribution in [0.1, 0.15) is 6.92 Å². The van der Waals surface area contributed by atoms with Gasteiger partial charge >= 0.3 is 0 Å². The smallest absolute Gasteiger partial charge is 0.224 e. The Bertz CT molecular complexity index is 370. The molecule has 1 heterocycles. The van der Waals surface area contributed by atoms with Gasteiger partial charge in [0.15, 0.2) is 0 Å². The highest BCUT2D eigenvalue weighted by Gasteiger charge is 2.14. The van der Waals surface area contributed by atoms with Gasteiger partial charge in [0.05, 0.1) is 17.8 Å². The van der Waals surface area contributed by atoms with Gasteiger partial charge in [0, 0.05) is 31.3 Å². The number of nitrogens with one attached hydrogen (secondary N) is 1. The molecule has 0 radical (unpaired) electrons. The Morgan fingerprint density at radius 2 is 2.31 bits per heavy atom. The number of amides is 1. The van der Waals surface area contributed by atoms with Crippen LogP contribution in [-0.2, 0) is 4.79 Å². The molecule has 0 aliphatic rings. The van der Waals surface area contributed by atoms with E-state index in [1.54, 1.807) is 19.4 Å². The Hall–Kier alpha value is -1.10. The fraction of sp³-hybridized carbons (Fsp3) is 0.455. The highest BCUT2D eigenvalue weighted by Crippen LogP contribution is 2.17. The first-order valence-corrected chi connectivity index (χ1v) is 5.87. The predicted molar refractivity (Wildman–Crippen MR) is 68.4 cm³/mol. The third kappa shape index (κ3) is 3.48. The molecule has 88 valence electrons. The van der Waals surface area contributed by atoms with Crippen LogP contribution in [0.15, 0.2) is 22.9 Å². The van der Waals surface area contributed by atoms with E-state index < -0.39 is 0 Å². The lowest BCUT2D eigenvalue weighted by molar-refractivity contribution is -0.123. The van der Waals surface area contributed by atoms with E-state index >= 15 is 0 Å². The van der Waals surface area contributed by atoms with Crippen molar-refractivity contribution in [1.29, 1.82) is 0 Å². The number of aromatic nitrogens is 1. The molecule has 0 fully saturated rings. The molecule has 4 nitrogen and oxygen atoms in total. The predicted octanol–water partition coefficient (Wildman–Crippen LogP) is 1.66. The van der Waals surface area contributed by atoms with Crippen molar-refractivity contribution in [3.8, 4) is 0 Å². The number of halogens is 1. The summed E-state index contributed by atoms with van der Waals surface area (Å²) in [5.41, 5.74) is 0.991. The van der Waals surface area contributed by atoms with Gasteiger partial charge in [-0.05, 0) is 22.0 Å². The van der Waals surface area contributed by atoms with Crippen LogP contribution in [-0.4, -0.2) is 31.5 Å². The second kappa shape index (κ2) is 5.84. The first-order chi connectivity index (χ1) is 7.54. The van der Waals surface area contributed by atoms with E-state index in [2.05, 4.69) is 26.2 Å². The zero-order chi connectivity index (χ0) is 12.1. The molecule has 0 aliphatic heterocycles. The Labute approximate surface area is 104 Å². The lowest BCUT2D eigenvalue weighted by Gasteiger charge is -2.22. The lowest BCUT2D eigenvalue weighted by Crippen LogP contribution is -2.34. The highest BCUT2D eigenvalue weighted by molar-refractivity contribution is 9.10. The summed E-state index contributed by atoms with van der Waals surface area (Å²) in [6.45, 7) is 2.57. The Kier molecular flexibility index (Phi) is 4.73. The van der Waals surface area contributed by atoms with Gasteiger partial charge in [-0.1, -0.05) is 6.92 Å². The minimum atomic E-state index is -0.0472. The fourth-order valence-electron chi connectivity index (χ4n) is 1.45. The number of pyridine rings is 1. The zero-order valence-corrected chi connectivity index (χ0v) is 11.3. The second-order valence-corrected chi connectivity index (χ2v) is 4.67. The van der Waals surface area contributed by atoms with Gasteiger partial charge in [-0.15, -0.1) is 0 Å². The first kappa shape index (κ1) is 13.0. The minimum absolute atomic E-state index is 0.0472. The maximum atomic E-state index is 11.4. The van der Waals surface area contributed by atoms with E-state index in [-0.39, 0.29) is 11.8 Å². The molecule has 1 aromatic rings. The summed E-state index contributed by atoms with van der Waals surface area (Å²) in [5.74, 6) is 0.00351. The first-order valence-electron chi connectivity index (χ1n) is 5.08. The molecule has 1 N–H and O–H groups in total.